The summed E-state index contributed by atoms with van der Waals surface area (Å²) in [6, 6.07) is 20.2. The Labute approximate surface area is 170 Å². The lowest BCUT2D eigenvalue weighted by Gasteiger charge is -2.09. The molecule has 3 N–H and O–H groups in total. The summed E-state index contributed by atoms with van der Waals surface area (Å²) in [6.07, 6.45) is 0. The Kier molecular flexibility index (Phi) is 6.39. The third-order valence-electron chi connectivity index (χ3n) is 4.02. The maximum atomic E-state index is 12.2. The first kappa shape index (κ1) is 19.6. The minimum Gasteiger partial charge on any atom is -0.345 e. The molecule has 3 aromatic rings. The van der Waals surface area contributed by atoms with E-state index in [9.17, 15) is 14.4 Å². The Morgan fingerprint density at radius 1 is 0.750 bits per heavy atom. The van der Waals surface area contributed by atoms with Crippen LogP contribution < -0.4 is 16.0 Å². The molecule has 0 aliphatic carbocycles. The molecule has 3 aromatic carbocycles. The number of hydrogen-bond donors (Lipinski definition) is 3. The summed E-state index contributed by atoms with van der Waals surface area (Å²) in [5.41, 5.74) is 1.09. The van der Waals surface area contributed by atoms with Gasteiger partial charge in [-0.05, 0) is 51.0 Å². The predicted octanol–water partition coefficient (Wildman–Crippen LogP) is 3.09. The van der Waals surface area contributed by atoms with Gasteiger partial charge in [0.05, 0.1) is 18.8 Å². The van der Waals surface area contributed by atoms with Crippen LogP contribution in [-0.2, 0) is 9.59 Å². The number of fused-ring (bicyclic) bond motifs is 1. The Balaban J connectivity index is 1.46. The van der Waals surface area contributed by atoms with Crippen LogP contribution in [0.2, 0.25) is 0 Å². The first-order chi connectivity index (χ1) is 13.5. The van der Waals surface area contributed by atoms with E-state index in [2.05, 4.69) is 31.9 Å². The second kappa shape index (κ2) is 9.14. The Bertz CT molecular complexity index is 1040. The zero-order valence-electron chi connectivity index (χ0n) is 14.9. The average Bonchev–Trinajstić information content (AvgIpc) is 2.71. The Morgan fingerprint density at radius 3 is 2.21 bits per heavy atom. The van der Waals surface area contributed by atoms with Crippen molar-refractivity contribution in [3.63, 3.8) is 0 Å². The number of carbonyl (C=O) groups excluding carboxylic acids is 3. The van der Waals surface area contributed by atoms with Crippen LogP contribution in [0, 0.1) is 0 Å². The number of rotatable bonds is 6. The van der Waals surface area contributed by atoms with Crippen molar-refractivity contribution < 1.29 is 14.4 Å². The number of halogens is 1. The highest BCUT2D eigenvalue weighted by atomic mass is 79.9. The molecule has 0 spiro atoms. The smallest absolute Gasteiger partial charge is 0.251 e. The molecule has 0 bridgehead atoms. The van der Waals surface area contributed by atoms with E-state index in [1.54, 1.807) is 30.3 Å². The van der Waals surface area contributed by atoms with E-state index in [1.807, 2.05) is 36.4 Å². The fourth-order valence-corrected chi connectivity index (χ4v) is 2.98. The van der Waals surface area contributed by atoms with Gasteiger partial charge >= 0.3 is 0 Å². The summed E-state index contributed by atoms with van der Waals surface area (Å²) < 4.78 is 0.748. The molecule has 3 rings (SSSR count). The minimum absolute atomic E-state index is 0.188. The molecular formula is C21H18BrN3O3. The van der Waals surface area contributed by atoms with Gasteiger partial charge in [-0.3, -0.25) is 14.4 Å². The Hall–Kier alpha value is -3.19. The van der Waals surface area contributed by atoms with Crippen LogP contribution >= 0.6 is 15.9 Å². The summed E-state index contributed by atoms with van der Waals surface area (Å²) >= 11 is 3.33. The molecule has 0 atom stereocenters. The molecule has 0 radical (unpaired) electrons. The van der Waals surface area contributed by atoms with Crippen LogP contribution in [-0.4, -0.2) is 30.8 Å². The number of amides is 3. The number of hydrogen-bond acceptors (Lipinski definition) is 3. The fourth-order valence-electron chi connectivity index (χ4n) is 2.59. The first-order valence-electron chi connectivity index (χ1n) is 8.61. The zero-order valence-corrected chi connectivity index (χ0v) is 16.5. The molecule has 7 heteroatoms. The highest BCUT2D eigenvalue weighted by molar-refractivity contribution is 9.10. The SMILES string of the molecule is O=C(CNC(=O)c1ccc2ccccc2c1)NCC(=O)Nc1ccccc1Br. The van der Waals surface area contributed by atoms with Gasteiger partial charge in [-0.2, -0.15) is 0 Å². The molecule has 0 aliphatic rings. The first-order valence-corrected chi connectivity index (χ1v) is 9.40. The molecule has 0 heterocycles. The average molecular weight is 440 g/mol. The molecule has 3 amide bonds. The van der Waals surface area contributed by atoms with E-state index in [0.717, 1.165) is 15.2 Å². The maximum absolute atomic E-state index is 12.2. The van der Waals surface area contributed by atoms with E-state index < -0.39 is 5.91 Å². The minimum atomic E-state index is -0.448. The van der Waals surface area contributed by atoms with Crippen LogP contribution in [0.25, 0.3) is 10.8 Å². The van der Waals surface area contributed by atoms with E-state index in [0.29, 0.717) is 11.3 Å². The van der Waals surface area contributed by atoms with Gasteiger partial charge in [0, 0.05) is 10.0 Å². The predicted molar refractivity (Wildman–Crippen MR) is 112 cm³/mol. The van der Waals surface area contributed by atoms with Gasteiger partial charge in [-0.1, -0.05) is 42.5 Å². The fraction of sp³-hybridized carbons (Fsp3) is 0.0952. The van der Waals surface area contributed by atoms with Crippen molar-refractivity contribution in [2.75, 3.05) is 18.4 Å². The topological polar surface area (TPSA) is 87.3 Å². The highest BCUT2D eigenvalue weighted by Gasteiger charge is 2.10. The molecule has 0 aliphatic heterocycles. The van der Waals surface area contributed by atoms with Gasteiger partial charge < -0.3 is 16.0 Å². The molecule has 0 saturated carbocycles. The molecule has 28 heavy (non-hydrogen) atoms. The van der Waals surface area contributed by atoms with Gasteiger partial charge in [0.2, 0.25) is 11.8 Å². The van der Waals surface area contributed by atoms with Crippen molar-refractivity contribution in [3.8, 4) is 0 Å². The highest BCUT2D eigenvalue weighted by Crippen LogP contribution is 2.20. The molecular weight excluding hydrogens is 422 g/mol. The van der Waals surface area contributed by atoms with Crippen LogP contribution in [0.1, 0.15) is 10.4 Å². The quantitative estimate of drug-likeness (QED) is 0.551. The van der Waals surface area contributed by atoms with Crippen LogP contribution in [0.5, 0.6) is 0 Å². The van der Waals surface area contributed by atoms with Crippen molar-refractivity contribution in [1.29, 1.82) is 0 Å². The monoisotopic (exact) mass is 439 g/mol. The lowest BCUT2D eigenvalue weighted by Crippen LogP contribution is -2.40. The molecule has 142 valence electrons. The summed E-state index contributed by atoms with van der Waals surface area (Å²) in [6.45, 7) is -0.403. The molecule has 0 saturated heterocycles. The van der Waals surface area contributed by atoms with E-state index in [-0.39, 0.29) is 24.9 Å². The third-order valence-corrected chi connectivity index (χ3v) is 4.71. The van der Waals surface area contributed by atoms with E-state index >= 15 is 0 Å². The van der Waals surface area contributed by atoms with Crippen molar-refractivity contribution in [1.82, 2.24) is 10.6 Å². The van der Waals surface area contributed by atoms with Gasteiger partial charge in [0.15, 0.2) is 0 Å². The second-order valence-electron chi connectivity index (χ2n) is 6.05. The largest absolute Gasteiger partial charge is 0.345 e. The van der Waals surface area contributed by atoms with Crippen molar-refractivity contribution in [2.45, 2.75) is 0 Å². The van der Waals surface area contributed by atoms with Gasteiger partial charge in [0.1, 0.15) is 0 Å². The van der Waals surface area contributed by atoms with Crippen LogP contribution in [0.3, 0.4) is 0 Å². The summed E-state index contributed by atoms with van der Waals surface area (Å²) in [4.78, 5) is 36.1. The van der Waals surface area contributed by atoms with Crippen LogP contribution in [0.4, 0.5) is 5.69 Å². The number of nitrogens with one attached hydrogen (secondary N) is 3. The van der Waals surface area contributed by atoms with E-state index in [1.165, 1.54) is 0 Å². The summed E-state index contributed by atoms with van der Waals surface area (Å²) in [5, 5.41) is 9.70. The van der Waals surface area contributed by atoms with E-state index in [4.69, 9.17) is 0 Å². The lowest BCUT2D eigenvalue weighted by molar-refractivity contribution is -0.123. The third kappa shape index (κ3) is 5.17. The second-order valence-corrected chi connectivity index (χ2v) is 6.90. The number of anilines is 1. The van der Waals surface area contributed by atoms with Gasteiger partial charge in [0.25, 0.3) is 5.91 Å². The normalized spacial score (nSPS) is 10.3. The summed E-state index contributed by atoms with van der Waals surface area (Å²) in [5.74, 6) is -1.16. The van der Waals surface area contributed by atoms with Crippen molar-refractivity contribution >= 4 is 50.1 Å². The standard InChI is InChI=1S/C21H18BrN3O3/c22-17-7-3-4-8-18(17)25-20(27)13-23-19(26)12-24-21(28)16-10-9-14-5-1-2-6-15(14)11-16/h1-11H,12-13H2,(H,23,26)(H,24,28)(H,25,27). The van der Waals surface area contributed by atoms with Gasteiger partial charge in [-0.15, -0.1) is 0 Å². The molecule has 6 nitrogen and oxygen atoms in total. The number of carbonyl (C=O) groups is 3. The molecule has 0 aromatic heterocycles. The number of benzene rings is 3. The number of para-hydroxylation sites is 1. The maximum Gasteiger partial charge on any atom is 0.251 e. The lowest BCUT2D eigenvalue weighted by atomic mass is 10.1. The van der Waals surface area contributed by atoms with Crippen molar-refractivity contribution in [2.24, 2.45) is 0 Å². The Morgan fingerprint density at radius 2 is 1.43 bits per heavy atom. The van der Waals surface area contributed by atoms with Crippen LogP contribution in [0.15, 0.2) is 71.2 Å². The summed E-state index contributed by atoms with van der Waals surface area (Å²) in [7, 11) is 0. The van der Waals surface area contributed by atoms with Gasteiger partial charge in [-0.25, -0.2) is 0 Å². The zero-order chi connectivity index (χ0) is 19.9. The van der Waals surface area contributed by atoms with Crippen molar-refractivity contribution in [3.05, 3.63) is 76.8 Å². The molecule has 0 fully saturated rings. The molecule has 0 unspecified atom stereocenters.